The molecule has 6 nitrogen and oxygen atoms in total. The second-order valence-corrected chi connectivity index (χ2v) is 8.72. The third kappa shape index (κ3) is 4.04. The highest BCUT2D eigenvalue weighted by Gasteiger charge is 2.45. The summed E-state index contributed by atoms with van der Waals surface area (Å²) in [6.45, 7) is 4.03. The van der Waals surface area contributed by atoms with Crippen molar-refractivity contribution in [2.45, 2.75) is 38.7 Å². The lowest BCUT2D eigenvalue weighted by atomic mass is 9.74. The van der Waals surface area contributed by atoms with Crippen LogP contribution >= 0.6 is 0 Å². The quantitative estimate of drug-likeness (QED) is 0.537. The monoisotopic (exact) mass is 480 g/mol. The van der Waals surface area contributed by atoms with Crippen LogP contribution in [0.2, 0.25) is 0 Å². The van der Waals surface area contributed by atoms with Crippen LogP contribution in [0.25, 0.3) is 22.4 Å². The van der Waals surface area contributed by atoms with Gasteiger partial charge in [-0.3, -0.25) is 9.78 Å². The lowest BCUT2D eigenvalue weighted by Crippen LogP contribution is -2.41. The maximum absolute atomic E-state index is 16.6. The number of nitriles is 1. The number of aromatic nitrogens is 2. The predicted molar refractivity (Wildman–Crippen MR) is 122 cm³/mol. The number of nitrogens with zero attached hydrogens (tertiary/aromatic N) is 3. The van der Waals surface area contributed by atoms with Gasteiger partial charge in [-0.25, -0.2) is 18.2 Å². The average Bonchev–Trinajstić information content (AvgIpc) is 2.85. The molecule has 1 atom stereocenters. The molecule has 1 amide bonds. The first kappa shape index (κ1) is 24.4. The highest BCUT2D eigenvalue weighted by atomic mass is 19.1. The first-order chi connectivity index (χ1) is 16.7. The van der Waals surface area contributed by atoms with Gasteiger partial charge in [0.2, 0.25) is 0 Å². The van der Waals surface area contributed by atoms with Crippen LogP contribution in [-0.2, 0) is 10.3 Å². The molecular formula is C26H23F3N4O2. The van der Waals surface area contributed by atoms with Crippen molar-refractivity contribution >= 4 is 5.91 Å². The Hall–Kier alpha value is -3.77. The van der Waals surface area contributed by atoms with Gasteiger partial charge < -0.3 is 10.5 Å². The number of pyridine rings is 2. The van der Waals surface area contributed by atoms with E-state index in [1.54, 1.807) is 18.2 Å². The third-order valence-electron chi connectivity index (χ3n) is 6.43. The van der Waals surface area contributed by atoms with Crippen LogP contribution in [0.15, 0.2) is 36.7 Å². The fourth-order valence-corrected chi connectivity index (χ4v) is 4.71. The van der Waals surface area contributed by atoms with Crippen molar-refractivity contribution in [3.05, 3.63) is 70.9 Å². The molecule has 4 rings (SSSR count). The topological polar surface area (TPSA) is 102 Å². The second-order valence-electron chi connectivity index (χ2n) is 8.72. The summed E-state index contributed by atoms with van der Waals surface area (Å²) in [5.74, 6) is -4.76. The van der Waals surface area contributed by atoms with E-state index in [1.165, 1.54) is 12.4 Å². The number of ether oxygens (including phenoxy) is 1. The number of primary amides is 1. The number of hydrogen-bond donors (Lipinski definition) is 1. The Morgan fingerprint density at radius 1 is 1.17 bits per heavy atom. The van der Waals surface area contributed by atoms with E-state index in [0.717, 1.165) is 18.6 Å². The molecule has 1 fully saturated rings. The summed E-state index contributed by atoms with van der Waals surface area (Å²) in [7, 11) is 0. The molecule has 180 valence electrons. The number of benzene rings is 1. The molecule has 1 aliphatic heterocycles. The van der Waals surface area contributed by atoms with Gasteiger partial charge in [0, 0.05) is 35.7 Å². The van der Waals surface area contributed by atoms with E-state index in [2.05, 4.69) is 9.97 Å². The molecule has 3 heterocycles. The Labute approximate surface area is 200 Å². The van der Waals surface area contributed by atoms with Crippen LogP contribution in [0.3, 0.4) is 0 Å². The number of nitrogens with two attached hydrogens (primary N) is 1. The third-order valence-corrected chi connectivity index (χ3v) is 6.43. The van der Waals surface area contributed by atoms with E-state index in [4.69, 9.17) is 10.5 Å². The summed E-state index contributed by atoms with van der Waals surface area (Å²) in [5, 5.41) is 9.23. The van der Waals surface area contributed by atoms with E-state index < -0.39 is 45.8 Å². The summed E-state index contributed by atoms with van der Waals surface area (Å²) >= 11 is 0. The first-order valence-electron chi connectivity index (χ1n) is 11.2. The molecule has 1 aliphatic rings. The summed E-state index contributed by atoms with van der Waals surface area (Å²) in [5.41, 5.74) is 2.35. The van der Waals surface area contributed by atoms with Gasteiger partial charge in [-0.1, -0.05) is 19.9 Å². The van der Waals surface area contributed by atoms with Gasteiger partial charge in [-0.05, 0) is 43.4 Å². The van der Waals surface area contributed by atoms with Gasteiger partial charge in [0.05, 0.1) is 16.7 Å². The molecule has 9 heteroatoms. The molecule has 0 spiro atoms. The van der Waals surface area contributed by atoms with E-state index in [0.29, 0.717) is 25.0 Å². The van der Waals surface area contributed by atoms with Crippen molar-refractivity contribution in [3.8, 4) is 28.5 Å². The molecule has 0 aliphatic carbocycles. The minimum Gasteiger partial charge on any atom is -0.370 e. The zero-order valence-corrected chi connectivity index (χ0v) is 19.2. The van der Waals surface area contributed by atoms with Crippen LogP contribution in [-0.4, -0.2) is 22.5 Å². The molecule has 1 aromatic carbocycles. The SMILES string of the molecule is CC(C)C1(c2c(F)c(-c3c(F)ccc(C#N)c3F)nc(C(N)=O)c2-c2cccnc2)CCCCO1. The highest BCUT2D eigenvalue weighted by molar-refractivity contribution is 6.00. The summed E-state index contributed by atoms with van der Waals surface area (Å²) in [4.78, 5) is 20.7. The van der Waals surface area contributed by atoms with E-state index in [1.807, 2.05) is 13.8 Å². The number of amides is 1. The fraction of sp³-hybridized carbons (Fsp3) is 0.308. The molecule has 35 heavy (non-hydrogen) atoms. The van der Waals surface area contributed by atoms with Crippen molar-refractivity contribution in [3.63, 3.8) is 0 Å². The van der Waals surface area contributed by atoms with Crippen molar-refractivity contribution in [1.29, 1.82) is 5.26 Å². The van der Waals surface area contributed by atoms with Gasteiger partial charge in [-0.15, -0.1) is 0 Å². The normalized spacial score (nSPS) is 17.9. The van der Waals surface area contributed by atoms with Crippen molar-refractivity contribution in [1.82, 2.24) is 9.97 Å². The molecule has 0 radical (unpaired) electrons. The van der Waals surface area contributed by atoms with Crippen LogP contribution < -0.4 is 5.73 Å². The van der Waals surface area contributed by atoms with Gasteiger partial charge in [-0.2, -0.15) is 5.26 Å². The van der Waals surface area contributed by atoms with Gasteiger partial charge in [0.1, 0.15) is 23.3 Å². The zero-order chi connectivity index (χ0) is 25.3. The summed E-state index contributed by atoms with van der Waals surface area (Å²) in [6.07, 6.45) is 4.81. The Kier molecular flexibility index (Phi) is 6.59. The molecule has 0 saturated carbocycles. The Morgan fingerprint density at radius 3 is 2.51 bits per heavy atom. The molecule has 2 aromatic heterocycles. The number of carbonyl (C=O) groups excluding carboxylic acids is 1. The molecule has 0 bridgehead atoms. The van der Waals surface area contributed by atoms with Gasteiger partial charge in [0.25, 0.3) is 5.91 Å². The summed E-state index contributed by atoms with van der Waals surface area (Å²) < 4.78 is 52.9. The van der Waals surface area contributed by atoms with E-state index in [9.17, 15) is 14.4 Å². The molecule has 2 N–H and O–H groups in total. The maximum Gasteiger partial charge on any atom is 0.267 e. The van der Waals surface area contributed by atoms with Crippen LogP contribution in [0, 0.1) is 34.7 Å². The van der Waals surface area contributed by atoms with Crippen LogP contribution in [0.5, 0.6) is 0 Å². The van der Waals surface area contributed by atoms with Gasteiger partial charge in [0.15, 0.2) is 11.6 Å². The number of carbonyl (C=O) groups is 1. The first-order valence-corrected chi connectivity index (χ1v) is 11.2. The van der Waals surface area contributed by atoms with E-state index >= 15 is 8.78 Å². The van der Waals surface area contributed by atoms with E-state index in [-0.39, 0.29) is 22.7 Å². The van der Waals surface area contributed by atoms with Gasteiger partial charge >= 0.3 is 0 Å². The predicted octanol–water partition coefficient (Wildman–Crippen LogP) is 5.25. The van der Waals surface area contributed by atoms with Crippen LogP contribution in [0.4, 0.5) is 13.2 Å². The van der Waals surface area contributed by atoms with Crippen molar-refractivity contribution in [2.24, 2.45) is 11.7 Å². The molecule has 1 saturated heterocycles. The maximum atomic E-state index is 16.6. The second kappa shape index (κ2) is 9.47. The Balaban J connectivity index is 2.20. The lowest BCUT2D eigenvalue weighted by Gasteiger charge is -2.43. The minimum absolute atomic E-state index is 0.0554. The Morgan fingerprint density at radius 2 is 1.94 bits per heavy atom. The minimum atomic E-state index is -1.28. The lowest BCUT2D eigenvalue weighted by molar-refractivity contribution is -0.116. The smallest absolute Gasteiger partial charge is 0.267 e. The van der Waals surface area contributed by atoms with Crippen molar-refractivity contribution in [2.75, 3.05) is 6.61 Å². The average molecular weight is 480 g/mol. The number of hydrogen-bond acceptors (Lipinski definition) is 5. The van der Waals surface area contributed by atoms with Crippen molar-refractivity contribution < 1.29 is 22.7 Å². The number of halogens is 3. The zero-order valence-electron chi connectivity index (χ0n) is 19.2. The molecule has 1 unspecified atom stereocenters. The standard InChI is InChI=1S/C26H23F3N4O2/c1-14(2)26(9-3-4-11-35-26)20-18(16-6-5-10-32-13-16)24(25(31)34)33-23(22(20)29)19-17(27)8-7-15(12-30)21(19)28/h5-8,10,13-14H,3-4,9,11H2,1-2H3,(H2,31,34). The highest BCUT2D eigenvalue weighted by Crippen LogP contribution is 2.49. The largest absolute Gasteiger partial charge is 0.370 e. The Bertz CT molecular complexity index is 1330. The molecular weight excluding hydrogens is 457 g/mol. The number of rotatable bonds is 5. The fourth-order valence-electron chi connectivity index (χ4n) is 4.71. The van der Waals surface area contributed by atoms with Crippen LogP contribution in [0.1, 0.15) is 54.7 Å². The summed E-state index contributed by atoms with van der Waals surface area (Å²) in [6, 6.07) is 6.64. The molecule has 3 aromatic rings.